The highest BCUT2D eigenvalue weighted by Crippen LogP contribution is 2.52. The van der Waals surface area contributed by atoms with Crippen LogP contribution >= 0.6 is 7.82 Å². The zero-order valence-electron chi connectivity index (χ0n) is 17.8. The van der Waals surface area contributed by atoms with Crippen LogP contribution in [0.1, 0.15) is 33.4 Å². The lowest BCUT2D eigenvalue weighted by Gasteiger charge is -2.23. The van der Waals surface area contributed by atoms with E-state index in [9.17, 15) is 4.57 Å². The van der Waals surface area contributed by atoms with Gasteiger partial charge in [0.15, 0.2) is 0 Å². The summed E-state index contributed by atoms with van der Waals surface area (Å²) >= 11 is 0. The average Bonchev–Trinajstić information content (AvgIpc) is 2.64. The monoisotopic (exact) mass is 410 g/mol. The van der Waals surface area contributed by atoms with Crippen molar-refractivity contribution in [3.05, 3.63) is 88.0 Å². The second-order valence-electron chi connectivity index (χ2n) is 7.43. The molecule has 0 saturated heterocycles. The number of para-hydroxylation sites is 2. The second kappa shape index (κ2) is 8.34. The van der Waals surface area contributed by atoms with E-state index in [1.165, 1.54) is 0 Å². The molecule has 3 aromatic rings. The number of hydrogen-bond acceptors (Lipinski definition) is 4. The van der Waals surface area contributed by atoms with Crippen LogP contribution in [0.3, 0.4) is 0 Å². The van der Waals surface area contributed by atoms with E-state index in [0.29, 0.717) is 17.2 Å². The molecule has 0 aliphatic carbocycles. The standard InChI is InChI=1S/C24H27O4P/c1-16-13-14-22(21(6)15-16)26-29(25,27-23-17(2)9-7-10-18(23)3)28-24-19(4)11-8-12-20(24)5/h7-15H,1-6H3. The number of phosphoric ester groups is 1. The molecule has 0 fully saturated rings. The molecule has 0 aromatic heterocycles. The van der Waals surface area contributed by atoms with Crippen LogP contribution in [0.2, 0.25) is 0 Å². The molecule has 0 spiro atoms. The van der Waals surface area contributed by atoms with E-state index in [4.69, 9.17) is 13.6 Å². The first kappa shape index (κ1) is 21.0. The second-order valence-corrected chi connectivity index (χ2v) is 8.87. The Balaban J connectivity index is 2.06. The van der Waals surface area contributed by atoms with Gasteiger partial charge in [0.05, 0.1) is 0 Å². The summed E-state index contributed by atoms with van der Waals surface area (Å²) in [5.41, 5.74) is 5.40. The van der Waals surface area contributed by atoms with Crippen LogP contribution in [0.25, 0.3) is 0 Å². The van der Waals surface area contributed by atoms with Gasteiger partial charge in [0.25, 0.3) is 0 Å². The molecule has 0 saturated carbocycles. The van der Waals surface area contributed by atoms with Gasteiger partial charge in [0.2, 0.25) is 0 Å². The summed E-state index contributed by atoms with van der Waals surface area (Å²) in [7, 11) is -4.03. The molecule has 0 amide bonds. The van der Waals surface area contributed by atoms with Crippen molar-refractivity contribution in [1.82, 2.24) is 0 Å². The molecule has 0 radical (unpaired) electrons. The third-order valence-corrected chi connectivity index (χ3v) is 6.00. The fraction of sp³-hybridized carbons (Fsp3) is 0.250. The minimum atomic E-state index is -4.03. The highest BCUT2D eigenvalue weighted by atomic mass is 31.2. The number of benzene rings is 3. The van der Waals surface area contributed by atoms with Crippen molar-refractivity contribution < 1.29 is 18.1 Å². The zero-order chi connectivity index (χ0) is 21.2. The molecule has 0 N–H and O–H groups in total. The zero-order valence-corrected chi connectivity index (χ0v) is 18.7. The van der Waals surface area contributed by atoms with Gasteiger partial charge in [-0.15, -0.1) is 0 Å². The van der Waals surface area contributed by atoms with Crippen molar-refractivity contribution >= 4 is 7.82 Å². The van der Waals surface area contributed by atoms with Crippen LogP contribution in [0.5, 0.6) is 17.2 Å². The molecule has 4 nitrogen and oxygen atoms in total. The molecule has 3 aromatic carbocycles. The smallest absolute Gasteiger partial charge is 0.386 e. The normalized spacial score (nSPS) is 11.2. The van der Waals surface area contributed by atoms with Crippen molar-refractivity contribution in [3.63, 3.8) is 0 Å². The molecule has 0 aliphatic heterocycles. The first-order valence-electron chi connectivity index (χ1n) is 9.57. The Morgan fingerprint density at radius 2 is 1.03 bits per heavy atom. The summed E-state index contributed by atoms with van der Waals surface area (Å²) in [6.07, 6.45) is 0. The Hall–Kier alpha value is -2.71. The maximum atomic E-state index is 13.9. The van der Waals surface area contributed by atoms with Crippen LogP contribution in [0.15, 0.2) is 54.6 Å². The first-order valence-corrected chi connectivity index (χ1v) is 11.0. The number of hydrogen-bond donors (Lipinski definition) is 0. The van der Waals surface area contributed by atoms with Crippen LogP contribution in [0.4, 0.5) is 0 Å². The lowest BCUT2D eigenvalue weighted by molar-refractivity contribution is 0.295. The van der Waals surface area contributed by atoms with Gasteiger partial charge in [-0.3, -0.25) is 0 Å². The molecular weight excluding hydrogens is 383 g/mol. The van der Waals surface area contributed by atoms with Gasteiger partial charge in [0.1, 0.15) is 17.2 Å². The predicted octanol–water partition coefficient (Wildman–Crippen LogP) is 7.18. The SMILES string of the molecule is Cc1ccc(OP(=O)(Oc2c(C)cccc2C)Oc2c(C)cccc2C)c(C)c1. The van der Waals surface area contributed by atoms with Crippen LogP contribution in [0, 0.1) is 41.5 Å². The quantitative estimate of drug-likeness (QED) is 0.404. The Kier molecular flexibility index (Phi) is 6.04. The van der Waals surface area contributed by atoms with E-state index in [1.807, 2.05) is 90.1 Å². The molecule has 29 heavy (non-hydrogen) atoms. The topological polar surface area (TPSA) is 44.8 Å². The molecule has 0 bridgehead atoms. The Morgan fingerprint density at radius 3 is 1.45 bits per heavy atom. The first-order chi connectivity index (χ1) is 13.7. The van der Waals surface area contributed by atoms with Crippen molar-refractivity contribution in [1.29, 1.82) is 0 Å². The number of phosphoric acid groups is 1. The average molecular weight is 410 g/mol. The van der Waals surface area contributed by atoms with Gasteiger partial charge in [-0.25, -0.2) is 0 Å². The van der Waals surface area contributed by atoms with Crippen LogP contribution in [-0.2, 0) is 4.57 Å². The van der Waals surface area contributed by atoms with Gasteiger partial charge in [-0.1, -0.05) is 54.1 Å². The highest BCUT2D eigenvalue weighted by molar-refractivity contribution is 7.49. The minimum Gasteiger partial charge on any atom is -0.386 e. The van der Waals surface area contributed by atoms with Gasteiger partial charge in [0, 0.05) is 0 Å². The fourth-order valence-corrected chi connectivity index (χ4v) is 4.77. The van der Waals surface area contributed by atoms with Crippen molar-refractivity contribution in [3.8, 4) is 17.2 Å². The maximum absolute atomic E-state index is 13.9. The molecular formula is C24H27O4P. The van der Waals surface area contributed by atoms with Gasteiger partial charge < -0.3 is 13.6 Å². The molecule has 3 rings (SSSR count). The number of aryl methyl sites for hydroxylation is 6. The van der Waals surface area contributed by atoms with Crippen LogP contribution in [-0.4, -0.2) is 0 Å². The predicted molar refractivity (Wildman–Crippen MR) is 117 cm³/mol. The summed E-state index contributed by atoms with van der Waals surface area (Å²) in [4.78, 5) is 0. The van der Waals surface area contributed by atoms with E-state index in [1.54, 1.807) is 6.07 Å². The van der Waals surface area contributed by atoms with E-state index >= 15 is 0 Å². The van der Waals surface area contributed by atoms with Crippen LogP contribution < -0.4 is 13.6 Å². The van der Waals surface area contributed by atoms with E-state index in [2.05, 4.69) is 0 Å². The lowest BCUT2D eigenvalue weighted by Crippen LogP contribution is -2.10. The maximum Gasteiger partial charge on any atom is 0.647 e. The summed E-state index contributed by atoms with van der Waals surface area (Å²) in [5, 5.41) is 0. The summed E-state index contributed by atoms with van der Waals surface area (Å²) < 4.78 is 31.8. The molecule has 0 unspecified atom stereocenters. The minimum absolute atomic E-state index is 0.469. The summed E-state index contributed by atoms with van der Waals surface area (Å²) in [5.74, 6) is 1.48. The van der Waals surface area contributed by atoms with Crippen molar-refractivity contribution in [2.45, 2.75) is 41.5 Å². The van der Waals surface area contributed by atoms with Crippen molar-refractivity contribution in [2.75, 3.05) is 0 Å². The van der Waals surface area contributed by atoms with Gasteiger partial charge >= 0.3 is 7.82 Å². The molecule has 152 valence electrons. The Bertz CT molecular complexity index is 990. The highest BCUT2D eigenvalue weighted by Gasteiger charge is 2.35. The lowest BCUT2D eigenvalue weighted by atomic mass is 10.1. The largest absolute Gasteiger partial charge is 0.647 e. The van der Waals surface area contributed by atoms with E-state index < -0.39 is 7.82 Å². The van der Waals surface area contributed by atoms with E-state index in [0.717, 1.165) is 33.4 Å². The molecule has 0 aliphatic rings. The third-order valence-electron chi connectivity index (χ3n) is 4.76. The molecule has 5 heteroatoms. The van der Waals surface area contributed by atoms with Gasteiger partial charge in [-0.2, -0.15) is 4.57 Å². The fourth-order valence-electron chi connectivity index (χ4n) is 3.19. The molecule has 0 heterocycles. The molecule has 0 atom stereocenters. The number of rotatable bonds is 6. The Morgan fingerprint density at radius 1 is 0.586 bits per heavy atom. The van der Waals surface area contributed by atoms with Crippen molar-refractivity contribution in [2.24, 2.45) is 0 Å². The summed E-state index contributed by atoms with van der Waals surface area (Å²) in [6.45, 7) is 11.5. The van der Waals surface area contributed by atoms with Gasteiger partial charge in [-0.05, 0) is 75.4 Å². The summed E-state index contributed by atoms with van der Waals surface area (Å²) in [6, 6.07) is 17.2. The Labute approximate surface area is 173 Å². The third kappa shape index (κ3) is 4.83. The van der Waals surface area contributed by atoms with E-state index in [-0.39, 0.29) is 0 Å².